The van der Waals surface area contributed by atoms with Gasteiger partial charge in [0.15, 0.2) is 0 Å². The lowest BCUT2D eigenvalue weighted by Gasteiger charge is -2.31. The third kappa shape index (κ3) is 4.64. The van der Waals surface area contributed by atoms with Gasteiger partial charge in [0.2, 0.25) is 22.3 Å². The Morgan fingerprint density at radius 2 is 1.86 bits per heavy atom. The van der Waals surface area contributed by atoms with E-state index in [0.717, 1.165) is 11.1 Å². The average Bonchev–Trinajstić information content (AvgIpc) is 3.78. The summed E-state index contributed by atoms with van der Waals surface area (Å²) in [6.07, 6.45) is 8.72. The number of benzene rings is 1. The number of β-amino-alcohol motifs (C(OH)–C–C–N with tert-alkyl or cyclic N) is 1. The molecule has 35 heavy (non-hydrogen) atoms. The van der Waals surface area contributed by atoms with Crippen LogP contribution in [-0.4, -0.2) is 65.6 Å². The van der Waals surface area contributed by atoms with Crippen LogP contribution in [-0.2, 0) is 24.4 Å². The van der Waals surface area contributed by atoms with Crippen molar-refractivity contribution in [3.8, 4) is 0 Å². The monoisotopic (exact) mass is 499 g/mol. The number of hydrogen-bond donors (Lipinski definition) is 3. The maximum absolute atomic E-state index is 13.1. The molecule has 1 aromatic carbocycles. The van der Waals surface area contributed by atoms with Gasteiger partial charge in [0.05, 0.1) is 17.4 Å². The summed E-state index contributed by atoms with van der Waals surface area (Å²) < 4.78 is 26.4. The number of nitrogens with one attached hydrogen (secondary N) is 2. The van der Waals surface area contributed by atoms with Crippen LogP contribution in [0.2, 0.25) is 0 Å². The number of sulfonamides is 1. The van der Waals surface area contributed by atoms with Gasteiger partial charge in [-0.2, -0.15) is 0 Å². The molecule has 186 valence electrons. The van der Waals surface area contributed by atoms with Crippen molar-refractivity contribution in [3.63, 3.8) is 0 Å². The van der Waals surface area contributed by atoms with Crippen LogP contribution in [0.15, 0.2) is 48.6 Å². The molecule has 3 atom stereocenters. The molecule has 3 aliphatic carbocycles. The molecule has 0 radical (unpaired) electrons. The van der Waals surface area contributed by atoms with Gasteiger partial charge in [-0.05, 0) is 43.2 Å². The van der Waals surface area contributed by atoms with Crippen LogP contribution in [0.5, 0.6) is 0 Å². The summed E-state index contributed by atoms with van der Waals surface area (Å²) in [4.78, 5) is 38.8. The predicted molar refractivity (Wildman–Crippen MR) is 128 cm³/mol. The number of carbonyl (C=O) groups excluding carboxylic acids is 3. The zero-order valence-corrected chi connectivity index (χ0v) is 20.0. The summed E-state index contributed by atoms with van der Waals surface area (Å²) in [7, 11) is -3.73. The first kappa shape index (κ1) is 23.7. The molecule has 2 saturated carbocycles. The first-order chi connectivity index (χ1) is 16.7. The van der Waals surface area contributed by atoms with Crippen LogP contribution in [0.3, 0.4) is 0 Å². The third-order valence-corrected chi connectivity index (χ3v) is 9.30. The summed E-state index contributed by atoms with van der Waals surface area (Å²) in [5, 5.41) is 13.5. The fraction of sp³-hybridized carbons (Fsp3) is 0.480. The standard InChI is InChI=1S/C25H29N3O6S/c29-16-28-15-25(32,19-8-6-18(7-9-19)17-4-2-1-3-5-17)14-21(28)22(30)26-24(12-13-24)23(31)27-35(33,34)20-10-11-20/h1-8,16,19-21,32H,9-15H2,(H,26,30)(H,27,31)/t19?,21-,25-/m0/s1. The number of aliphatic hydroxyl groups is 1. The molecule has 9 nitrogen and oxygen atoms in total. The highest BCUT2D eigenvalue weighted by Crippen LogP contribution is 2.41. The molecule has 5 rings (SSSR count). The van der Waals surface area contributed by atoms with Crippen LogP contribution < -0.4 is 10.0 Å². The molecule has 3 amide bonds. The lowest BCUT2D eigenvalue weighted by atomic mass is 9.79. The largest absolute Gasteiger partial charge is 0.387 e. The highest BCUT2D eigenvalue weighted by atomic mass is 32.2. The van der Waals surface area contributed by atoms with E-state index in [1.165, 1.54) is 4.90 Å². The molecule has 3 fully saturated rings. The smallest absolute Gasteiger partial charge is 0.259 e. The fourth-order valence-corrected chi connectivity index (χ4v) is 6.35. The molecular formula is C25H29N3O6S. The number of carbonyl (C=O) groups is 3. The Hall–Kier alpha value is -2.98. The molecule has 4 aliphatic rings. The van der Waals surface area contributed by atoms with Crippen molar-refractivity contribution in [1.29, 1.82) is 0 Å². The highest BCUT2D eigenvalue weighted by Gasteiger charge is 2.56. The van der Waals surface area contributed by atoms with Crippen molar-refractivity contribution in [2.24, 2.45) is 5.92 Å². The Balaban J connectivity index is 1.24. The zero-order chi connectivity index (χ0) is 24.8. The Bertz CT molecular complexity index is 1200. The second-order valence-corrected chi connectivity index (χ2v) is 12.0. The van der Waals surface area contributed by atoms with Gasteiger partial charge in [0.25, 0.3) is 5.91 Å². The van der Waals surface area contributed by atoms with Gasteiger partial charge >= 0.3 is 0 Å². The minimum absolute atomic E-state index is 0.00659. The lowest BCUT2D eigenvalue weighted by molar-refractivity contribution is -0.134. The number of rotatable bonds is 8. The van der Waals surface area contributed by atoms with E-state index in [4.69, 9.17) is 0 Å². The molecule has 1 heterocycles. The number of allylic oxidation sites excluding steroid dienone is 3. The van der Waals surface area contributed by atoms with E-state index in [1.807, 2.05) is 48.6 Å². The molecule has 10 heteroatoms. The maximum Gasteiger partial charge on any atom is 0.259 e. The van der Waals surface area contributed by atoms with Gasteiger partial charge in [0, 0.05) is 12.3 Å². The van der Waals surface area contributed by atoms with Gasteiger partial charge in [0.1, 0.15) is 11.6 Å². The predicted octanol–water partition coefficient (Wildman–Crippen LogP) is 0.865. The summed E-state index contributed by atoms with van der Waals surface area (Å²) in [6.45, 7) is -0.00659. The molecule has 0 aromatic heterocycles. The Morgan fingerprint density at radius 3 is 2.43 bits per heavy atom. The minimum Gasteiger partial charge on any atom is -0.387 e. The average molecular weight is 500 g/mol. The minimum atomic E-state index is -3.73. The summed E-state index contributed by atoms with van der Waals surface area (Å²) in [6, 6.07) is 8.93. The fourth-order valence-electron chi connectivity index (χ4n) is 4.97. The normalized spacial score (nSPS) is 29.3. The summed E-state index contributed by atoms with van der Waals surface area (Å²) >= 11 is 0. The first-order valence-electron chi connectivity index (χ1n) is 11.9. The van der Waals surface area contributed by atoms with Crippen LogP contribution in [0.25, 0.3) is 5.57 Å². The van der Waals surface area contributed by atoms with Crippen molar-refractivity contribution in [1.82, 2.24) is 14.9 Å². The van der Waals surface area contributed by atoms with Crippen molar-refractivity contribution in [3.05, 3.63) is 54.1 Å². The van der Waals surface area contributed by atoms with Crippen LogP contribution in [0, 0.1) is 5.92 Å². The van der Waals surface area contributed by atoms with Crippen molar-refractivity contribution in [2.45, 2.75) is 61.0 Å². The second kappa shape index (κ2) is 8.60. The maximum atomic E-state index is 13.1. The quantitative estimate of drug-likeness (QED) is 0.455. The van der Waals surface area contributed by atoms with E-state index in [0.29, 0.717) is 38.5 Å². The van der Waals surface area contributed by atoms with Gasteiger partial charge < -0.3 is 15.3 Å². The second-order valence-electron chi connectivity index (χ2n) is 10.1. The molecule has 1 aromatic rings. The molecular weight excluding hydrogens is 470 g/mol. The van der Waals surface area contributed by atoms with E-state index in [1.54, 1.807) is 0 Å². The summed E-state index contributed by atoms with van der Waals surface area (Å²) in [5.74, 6) is -1.58. The van der Waals surface area contributed by atoms with Gasteiger partial charge in [-0.25, -0.2) is 8.42 Å². The SMILES string of the molecule is O=CN1C[C@](O)(C2C=CC(c3ccccc3)=CC2)C[C@H]1C(=O)NC1(C(=O)NS(=O)(=O)C2CC2)CC1. The van der Waals surface area contributed by atoms with Crippen molar-refractivity contribution < 1.29 is 27.9 Å². The van der Waals surface area contributed by atoms with E-state index in [9.17, 15) is 27.9 Å². The Kier molecular flexibility index (Phi) is 5.83. The highest BCUT2D eigenvalue weighted by molar-refractivity contribution is 7.91. The Morgan fingerprint density at radius 1 is 1.14 bits per heavy atom. The number of amides is 3. The summed E-state index contributed by atoms with van der Waals surface area (Å²) in [5.41, 5.74) is -0.462. The van der Waals surface area contributed by atoms with Gasteiger partial charge in [-0.15, -0.1) is 0 Å². The van der Waals surface area contributed by atoms with Gasteiger partial charge in [-0.3, -0.25) is 19.1 Å². The van der Waals surface area contributed by atoms with E-state index >= 15 is 0 Å². The third-order valence-electron chi connectivity index (χ3n) is 7.48. The topological polar surface area (TPSA) is 133 Å². The van der Waals surface area contributed by atoms with Gasteiger partial charge in [-0.1, -0.05) is 48.6 Å². The van der Waals surface area contributed by atoms with Crippen LogP contribution in [0.1, 0.15) is 44.1 Å². The zero-order valence-electron chi connectivity index (χ0n) is 19.2. The van der Waals surface area contributed by atoms with E-state index in [-0.39, 0.29) is 18.9 Å². The van der Waals surface area contributed by atoms with E-state index < -0.39 is 44.3 Å². The van der Waals surface area contributed by atoms with E-state index in [2.05, 4.69) is 10.0 Å². The molecule has 1 saturated heterocycles. The first-order valence-corrected chi connectivity index (χ1v) is 13.5. The Labute approximate surface area is 204 Å². The molecule has 1 aliphatic heterocycles. The van der Waals surface area contributed by atoms with Crippen LogP contribution in [0.4, 0.5) is 0 Å². The molecule has 1 unspecified atom stereocenters. The lowest BCUT2D eigenvalue weighted by Crippen LogP contribution is -2.55. The van der Waals surface area contributed by atoms with Crippen molar-refractivity contribution >= 4 is 33.8 Å². The molecule has 0 spiro atoms. The number of likely N-dealkylation sites (tertiary alicyclic amines) is 1. The molecule has 3 N–H and O–H groups in total. The van der Waals surface area contributed by atoms with Crippen molar-refractivity contribution in [2.75, 3.05) is 6.54 Å². The number of hydrogen-bond acceptors (Lipinski definition) is 6. The number of nitrogens with zero attached hydrogens (tertiary/aromatic N) is 1. The van der Waals surface area contributed by atoms with Crippen LogP contribution >= 0.6 is 0 Å². The molecule has 0 bridgehead atoms.